The summed E-state index contributed by atoms with van der Waals surface area (Å²) < 4.78 is 5.37. The Hall–Kier alpha value is -1.35. The van der Waals surface area contributed by atoms with Crippen molar-refractivity contribution in [3.05, 3.63) is 34.9 Å². The van der Waals surface area contributed by atoms with Gasteiger partial charge in [-0.1, -0.05) is 6.07 Å². The van der Waals surface area contributed by atoms with Gasteiger partial charge < -0.3 is 9.64 Å². The standard InChI is InChI=1S/C14H17NO2/c16-14(15-6-2-1-3-7-15)11-4-5-12-9-17-10-13(12)8-11/h4-5,8H,1-3,6-7,9-10H2. The predicted octanol–water partition coefficient (Wildman–Crippen LogP) is 2.34. The molecule has 1 fully saturated rings. The molecule has 2 heterocycles. The van der Waals surface area contributed by atoms with E-state index in [4.69, 9.17) is 4.74 Å². The number of piperidine rings is 1. The number of benzene rings is 1. The average molecular weight is 231 g/mol. The molecule has 3 rings (SSSR count). The van der Waals surface area contributed by atoms with Gasteiger partial charge in [-0.25, -0.2) is 0 Å². The van der Waals surface area contributed by atoms with Crippen molar-refractivity contribution < 1.29 is 9.53 Å². The van der Waals surface area contributed by atoms with Crippen LogP contribution in [0.25, 0.3) is 0 Å². The van der Waals surface area contributed by atoms with Gasteiger partial charge in [-0.05, 0) is 42.5 Å². The zero-order valence-corrected chi connectivity index (χ0v) is 9.95. The van der Waals surface area contributed by atoms with Gasteiger partial charge >= 0.3 is 0 Å². The largest absolute Gasteiger partial charge is 0.372 e. The van der Waals surface area contributed by atoms with E-state index in [9.17, 15) is 4.79 Å². The van der Waals surface area contributed by atoms with E-state index in [1.54, 1.807) is 0 Å². The molecule has 0 unspecified atom stereocenters. The van der Waals surface area contributed by atoms with Gasteiger partial charge in [0.2, 0.25) is 0 Å². The molecule has 1 aromatic rings. The number of ether oxygens (including phenoxy) is 1. The van der Waals surface area contributed by atoms with Crippen LogP contribution in [-0.2, 0) is 18.0 Å². The molecule has 0 aromatic heterocycles. The molecule has 0 spiro atoms. The fourth-order valence-electron chi connectivity index (χ4n) is 2.58. The van der Waals surface area contributed by atoms with Crippen molar-refractivity contribution in [2.75, 3.05) is 13.1 Å². The molecule has 0 radical (unpaired) electrons. The van der Waals surface area contributed by atoms with Gasteiger partial charge in [0.1, 0.15) is 0 Å². The molecule has 0 N–H and O–H groups in total. The zero-order valence-electron chi connectivity index (χ0n) is 9.95. The summed E-state index contributed by atoms with van der Waals surface area (Å²) in [6.45, 7) is 3.16. The molecule has 0 aliphatic carbocycles. The Morgan fingerprint density at radius 2 is 1.82 bits per heavy atom. The van der Waals surface area contributed by atoms with Crippen LogP contribution in [0.2, 0.25) is 0 Å². The van der Waals surface area contributed by atoms with Crippen LogP contribution in [0.15, 0.2) is 18.2 Å². The van der Waals surface area contributed by atoms with Crippen LogP contribution in [0.4, 0.5) is 0 Å². The fraction of sp³-hybridized carbons (Fsp3) is 0.500. The highest BCUT2D eigenvalue weighted by atomic mass is 16.5. The summed E-state index contributed by atoms with van der Waals surface area (Å²) in [6, 6.07) is 5.96. The molecule has 1 amide bonds. The van der Waals surface area contributed by atoms with Gasteiger partial charge in [-0.15, -0.1) is 0 Å². The van der Waals surface area contributed by atoms with Gasteiger partial charge in [0, 0.05) is 18.7 Å². The van der Waals surface area contributed by atoms with Gasteiger partial charge in [0.05, 0.1) is 13.2 Å². The lowest BCUT2D eigenvalue weighted by Crippen LogP contribution is -2.35. The summed E-state index contributed by atoms with van der Waals surface area (Å²) >= 11 is 0. The van der Waals surface area contributed by atoms with Crippen molar-refractivity contribution in [1.82, 2.24) is 4.90 Å². The van der Waals surface area contributed by atoms with Crippen molar-refractivity contribution in [2.24, 2.45) is 0 Å². The summed E-state index contributed by atoms with van der Waals surface area (Å²) in [5.74, 6) is 0.180. The summed E-state index contributed by atoms with van der Waals surface area (Å²) in [5.41, 5.74) is 3.21. The van der Waals surface area contributed by atoms with Crippen molar-refractivity contribution >= 4 is 5.91 Å². The van der Waals surface area contributed by atoms with Crippen LogP contribution in [0.5, 0.6) is 0 Å². The Bertz CT molecular complexity index is 436. The van der Waals surface area contributed by atoms with Crippen molar-refractivity contribution in [3.63, 3.8) is 0 Å². The molecular formula is C14H17NO2. The highest BCUT2D eigenvalue weighted by molar-refractivity contribution is 5.94. The molecule has 17 heavy (non-hydrogen) atoms. The molecule has 0 bridgehead atoms. The number of rotatable bonds is 1. The monoisotopic (exact) mass is 231 g/mol. The first-order chi connectivity index (χ1) is 8.34. The Kier molecular flexibility index (Phi) is 2.85. The van der Waals surface area contributed by atoms with Crippen LogP contribution in [0.1, 0.15) is 40.7 Å². The third-order valence-electron chi connectivity index (χ3n) is 3.61. The Balaban J connectivity index is 1.81. The lowest BCUT2D eigenvalue weighted by molar-refractivity contribution is 0.0724. The number of fused-ring (bicyclic) bond motifs is 1. The predicted molar refractivity (Wildman–Crippen MR) is 64.7 cm³/mol. The summed E-state index contributed by atoms with van der Waals surface area (Å²) in [5, 5.41) is 0. The van der Waals surface area contributed by atoms with Crippen molar-refractivity contribution in [1.29, 1.82) is 0 Å². The van der Waals surface area contributed by atoms with Crippen LogP contribution in [0.3, 0.4) is 0 Å². The van der Waals surface area contributed by atoms with Crippen LogP contribution in [-0.4, -0.2) is 23.9 Å². The molecule has 90 valence electrons. The number of likely N-dealkylation sites (tertiary alicyclic amines) is 1. The van der Waals surface area contributed by atoms with E-state index >= 15 is 0 Å². The molecule has 2 aliphatic rings. The number of carbonyl (C=O) groups excluding carboxylic acids is 1. The molecule has 1 aromatic carbocycles. The van der Waals surface area contributed by atoms with E-state index in [1.807, 2.05) is 23.1 Å². The third kappa shape index (κ3) is 2.07. The van der Waals surface area contributed by atoms with Gasteiger partial charge in [0.15, 0.2) is 0 Å². The summed E-state index contributed by atoms with van der Waals surface area (Å²) in [4.78, 5) is 14.3. The lowest BCUT2D eigenvalue weighted by atomic mass is 10.0. The maximum absolute atomic E-state index is 12.3. The van der Waals surface area contributed by atoms with E-state index < -0.39 is 0 Å². The van der Waals surface area contributed by atoms with E-state index in [0.29, 0.717) is 13.2 Å². The average Bonchev–Trinajstić information content (AvgIpc) is 2.86. The Morgan fingerprint density at radius 1 is 1.06 bits per heavy atom. The van der Waals surface area contributed by atoms with Crippen molar-refractivity contribution in [2.45, 2.75) is 32.5 Å². The van der Waals surface area contributed by atoms with Crippen molar-refractivity contribution in [3.8, 4) is 0 Å². The number of hydrogen-bond donors (Lipinski definition) is 0. The molecule has 3 nitrogen and oxygen atoms in total. The zero-order chi connectivity index (χ0) is 11.7. The molecule has 2 aliphatic heterocycles. The quantitative estimate of drug-likeness (QED) is 0.742. The topological polar surface area (TPSA) is 29.5 Å². The highest BCUT2D eigenvalue weighted by Crippen LogP contribution is 2.22. The smallest absolute Gasteiger partial charge is 0.253 e. The minimum atomic E-state index is 0.180. The molecule has 1 saturated heterocycles. The first kappa shape index (κ1) is 10.8. The fourth-order valence-corrected chi connectivity index (χ4v) is 2.58. The Morgan fingerprint density at radius 3 is 2.65 bits per heavy atom. The lowest BCUT2D eigenvalue weighted by Gasteiger charge is -2.26. The van der Waals surface area contributed by atoms with Gasteiger partial charge in [-0.3, -0.25) is 4.79 Å². The van der Waals surface area contributed by atoms with Gasteiger partial charge in [-0.2, -0.15) is 0 Å². The van der Waals surface area contributed by atoms with E-state index in [-0.39, 0.29) is 5.91 Å². The number of amides is 1. The second-order valence-corrected chi connectivity index (χ2v) is 4.83. The Labute approximate surface area is 101 Å². The number of hydrogen-bond acceptors (Lipinski definition) is 2. The maximum Gasteiger partial charge on any atom is 0.253 e. The van der Waals surface area contributed by atoms with Crippen LogP contribution in [0, 0.1) is 0 Å². The van der Waals surface area contributed by atoms with Crippen LogP contribution < -0.4 is 0 Å². The molecule has 3 heteroatoms. The minimum absolute atomic E-state index is 0.180. The summed E-state index contributed by atoms with van der Waals surface area (Å²) in [6.07, 6.45) is 3.53. The van der Waals surface area contributed by atoms with E-state index in [0.717, 1.165) is 31.5 Å². The minimum Gasteiger partial charge on any atom is -0.372 e. The third-order valence-corrected chi connectivity index (χ3v) is 3.61. The molecular weight excluding hydrogens is 214 g/mol. The van der Waals surface area contributed by atoms with E-state index in [1.165, 1.54) is 17.5 Å². The first-order valence-electron chi connectivity index (χ1n) is 6.33. The maximum atomic E-state index is 12.3. The SMILES string of the molecule is O=C(c1ccc2c(c1)COC2)N1CCCCC1. The normalized spacial score (nSPS) is 19.2. The van der Waals surface area contributed by atoms with Crippen LogP contribution >= 0.6 is 0 Å². The van der Waals surface area contributed by atoms with E-state index in [2.05, 4.69) is 0 Å². The van der Waals surface area contributed by atoms with Gasteiger partial charge in [0.25, 0.3) is 5.91 Å². The number of carbonyl (C=O) groups is 1. The highest BCUT2D eigenvalue weighted by Gasteiger charge is 2.20. The molecule has 0 saturated carbocycles. The number of nitrogens with zero attached hydrogens (tertiary/aromatic N) is 1. The molecule has 0 atom stereocenters. The second-order valence-electron chi connectivity index (χ2n) is 4.83. The summed E-state index contributed by atoms with van der Waals surface area (Å²) in [7, 11) is 0. The first-order valence-corrected chi connectivity index (χ1v) is 6.33. The second kappa shape index (κ2) is 4.49.